The lowest BCUT2D eigenvalue weighted by molar-refractivity contribution is 0.0770. The second-order valence-corrected chi connectivity index (χ2v) is 6.72. The zero-order chi connectivity index (χ0) is 13.8. The van der Waals surface area contributed by atoms with E-state index in [1.54, 1.807) is 12.1 Å². The number of aromatic nitrogens is 2. The first-order valence-corrected chi connectivity index (χ1v) is 7.64. The molecule has 1 saturated heterocycles. The molecule has 19 heavy (non-hydrogen) atoms. The standard InChI is InChI=1S/C13H14FIN2OS/c1-7-13(2,3-4-18-7)17-11-5-8(14)9(15)6-10(11)16-12(17)19/h5-7H,3-4H2,1-2H3,(H,16,19). The average molecular weight is 392 g/mol. The van der Waals surface area contributed by atoms with Crippen molar-refractivity contribution in [2.75, 3.05) is 6.61 Å². The van der Waals surface area contributed by atoms with Crippen LogP contribution in [0.2, 0.25) is 0 Å². The summed E-state index contributed by atoms with van der Waals surface area (Å²) in [7, 11) is 0. The number of halogens is 2. The van der Waals surface area contributed by atoms with Gasteiger partial charge < -0.3 is 14.3 Å². The molecule has 0 spiro atoms. The van der Waals surface area contributed by atoms with E-state index < -0.39 is 0 Å². The van der Waals surface area contributed by atoms with Crippen LogP contribution in [0.25, 0.3) is 11.0 Å². The Hall–Kier alpha value is -0.470. The minimum Gasteiger partial charge on any atom is -0.376 e. The highest BCUT2D eigenvalue weighted by Crippen LogP contribution is 2.36. The van der Waals surface area contributed by atoms with Crippen molar-refractivity contribution in [3.05, 3.63) is 26.3 Å². The maximum atomic E-state index is 13.8. The summed E-state index contributed by atoms with van der Waals surface area (Å²) in [6, 6.07) is 3.35. The Morgan fingerprint density at radius 2 is 2.32 bits per heavy atom. The van der Waals surface area contributed by atoms with E-state index in [1.807, 2.05) is 34.1 Å². The summed E-state index contributed by atoms with van der Waals surface area (Å²) in [6.07, 6.45) is 0.934. The van der Waals surface area contributed by atoms with Gasteiger partial charge in [0.1, 0.15) is 5.82 Å². The SMILES string of the molecule is CC1OCCC1(C)n1c(=S)[nH]c2cc(I)c(F)cc21. The molecule has 2 aromatic rings. The molecule has 1 aromatic heterocycles. The fourth-order valence-corrected chi connectivity index (χ4v) is 3.61. The second-order valence-electron chi connectivity index (χ2n) is 5.17. The summed E-state index contributed by atoms with van der Waals surface area (Å²) in [5.74, 6) is -0.217. The number of nitrogens with one attached hydrogen (secondary N) is 1. The molecule has 102 valence electrons. The van der Waals surface area contributed by atoms with E-state index in [9.17, 15) is 4.39 Å². The monoisotopic (exact) mass is 392 g/mol. The summed E-state index contributed by atoms with van der Waals surface area (Å²) < 4.78 is 22.7. The number of ether oxygens (including phenoxy) is 1. The number of imidazole rings is 1. The predicted octanol–water partition coefficient (Wildman–Crippen LogP) is 3.97. The van der Waals surface area contributed by atoms with E-state index in [0.717, 1.165) is 17.5 Å². The van der Waals surface area contributed by atoms with Crippen molar-refractivity contribution in [3.8, 4) is 0 Å². The number of benzene rings is 1. The Labute approximate surface area is 129 Å². The Bertz CT molecular complexity index is 710. The third kappa shape index (κ3) is 1.95. The summed E-state index contributed by atoms with van der Waals surface area (Å²) in [6.45, 7) is 4.86. The zero-order valence-electron chi connectivity index (χ0n) is 10.7. The molecule has 0 amide bonds. The topological polar surface area (TPSA) is 29.9 Å². The minimum absolute atomic E-state index is 0.0561. The quantitative estimate of drug-likeness (QED) is 0.588. The van der Waals surface area contributed by atoms with Crippen molar-refractivity contribution in [2.45, 2.75) is 31.9 Å². The van der Waals surface area contributed by atoms with E-state index in [4.69, 9.17) is 17.0 Å². The smallest absolute Gasteiger partial charge is 0.178 e. The molecule has 0 saturated carbocycles. The highest BCUT2D eigenvalue weighted by Gasteiger charge is 2.40. The number of H-pyrrole nitrogens is 1. The Morgan fingerprint density at radius 1 is 1.58 bits per heavy atom. The highest BCUT2D eigenvalue weighted by molar-refractivity contribution is 14.1. The molecule has 1 aromatic carbocycles. The largest absolute Gasteiger partial charge is 0.376 e. The van der Waals surface area contributed by atoms with Crippen molar-refractivity contribution in [1.29, 1.82) is 0 Å². The van der Waals surface area contributed by atoms with Crippen LogP contribution >= 0.6 is 34.8 Å². The first kappa shape index (κ1) is 13.5. The molecule has 3 nitrogen and oxygen atoms in total. The Morgan fingerprint density at radius 3 is 2.95 bits per heavy atom. The first-order valence-electron chi connectivity index (χ1n) is 6.15. The van der Waals surface area contributed by atoms with Crippen molar-refractivity contribution >= 4 is 45.8 Å². The summed E-state index contributed by atoms with van der Waals surface area (Å²) in [5, 5.41) is 0. The molecule has 2 heterocycles. The van der Waals surface area contributed by atoms with Crippen LogP contribution in [0.15, 0.2) is 12.1 Å². The van der Waals surface area contributed by atoms with Crippen LogP contribution in [-0.4, -0.2) is 22.3 Å². The lowest BCUT2D eigenvalue weighted by atomic mass is 9.94. The summed E-state index contributed by atoms with van der Waals surface area (Å²) in [5.41, 5.74) is 1.45. The molecule has 1 fully saturated rings. The molecule has 0 aliphatic carbocycles. The van der Waals surface area contributed by atoms with Gasteiger partial charge in [0.15, 0.2) is 4.77 Å². The van der Waals surface area contributed by atoms with Crippen molar-refractivity contribution in [1.82, 2.24) is 9.55 Å². The molecular weight excluding hydrogens is 378 g/mol. The van der Waals surface area contributed by atoms with Crippen molar-refractivity contribution < 1.29 is 9.13 Å². The lowest BCUT2D eigenvalue weighted by Crippen LogP contribution is -2.36. The van der Waals surface area contributed by atoms with E-state index in [1.165, 1.54) is 0 Å². The molecule has 6 heteroatoms. The Balaban J connectivity index is 2.32. The maximum Gasteiger partial charge on any atom is 0.178 e. The average Bonchev–Trinajstić information content (AvgIpc) is 2.81. The second kappa shape index (κ2) is 4.53. The highest BCUT2D eigenvalue weighted by atomic mass is 127. The fourth-order valence-electron chi connectivity index (χ4n) is 2.73. The van der Waals surface area contributed by atoms with Gasteiger partial charge in [0.2, 0.25) is 0 Å². The number of fused-ring (bicyclic) bond motifs is 1. The van der Waals surface area contributed by atoms with Gasteiger partial charge in [-0.15, -0.1) is 0 Å². The third-order valence-corrected chi connectivity index (χ3v) is 5.20. The zero-order valence-corrected chi connectivity index (χ0v) is 13.6. The van der Waals surface area contributed by atoms with Crippen LogP contribution in [0.5, 0.6) is 0 Å². The minimum atomic E-state index is -0.228. The van der Waals surface area contributed by atoms with E-state index in [0.29, 0.717) is 14.9 Å². The van der Waals surface area contributed by atoms with Gasteiger partial charge in [0.25, 0.3) is 0 Å². The number of nitrogens with zero attached hydrogens (tertiary/aromatic N) is 1. The van der Waals surface area contributed by atoms with E-state index in [2.05, 4.69) is 11.9 Å². The molecule has 0 radical (unpaired) electrons. The third-order valence-electron chi connectivity index (χ3n) is 4.09. The molecular formula is C13H14FIN2OS. The maximum absolute atomic E-state index is 13.8. The molecule has 3 rings (SSSR count). The van der Waals surface area contributed by atoms with Gasteiger partial charge in [-0.3, -0.25) is 0 Å². The molecule has 1 aliphatic rings. The van der Waals surface area contributed by atoms with Gasteiger partial charge in [-0.05, 0) is 61.1 Å². The van der Waals surface area contributed by atoms with Gasteiger partial charge in [-0.25, -0.2) is 4.39 Å². The fraction of sp³-hybridized carbons (Fsp3) is 0.462. The first-order chi connectivity index (χ1) is 8.93. The van der Waals surface area contributed by atoms with Gasteiger partial charge in [0.05, 0.1) is 26.2 Å². The number of hydrogen-bond acceptors (Lipinski definition) is 2. The van der Waals surface area contributed by atoms with E-state index in [-0.39, 0.29) is 17.5 Å². The van der Waals surface area contributed by atoms with Crippen LogP contribution in [0.3, 0.4) is 0 Å². The lowest BCUT2D eigenvalue weighted by Gasteiger charge is -2.30. The molecule has 2 atom stereocenters. The summed E-state index contributed by atoms with van der Waals surface area (Å²) in [4.78, 5) is 3.17. The summed E-state index contributed by atoms with van der Waals surface area (Å²) >= 11 is 7.41. The molecule has 1 N–H and O–H groups in total. The molecule has 1 aliphatic heterocycles. The predicted molar refractivity (Wildman–Crippen MR) is 83.5 cm³/mol. The van der Waals surface area contributed by atoms with Gasteiger partial charge in [-0.1, -0.05) is 0 Å². The van der Waals surface area contributed by atoms with Gasteiger partial charge >= 0.3 is 0 Å². The molecule has 2 unspecified atom stereocenters. The van der Waals surface area contributed by atoms with Gasteiger partial charge in [0, 0.05) is 12.7 Å². The number of hydrogen-bond donors (Lipinski definition) is 1. The van der Waals surface area contributed by atoms with Crippen LogP contribution in [-0.2, 0) is 10.3 Å². The van der Waals surface area contributed by atoms with Crippen molar-refractivity contribution in [2.24, 2.45) is 0 Å². The normalized spacial score (nSPS) is 27.3. The van der Waals surface area contributed by atoms with E-state index >= 15 is 0 Å². The van der Waals surface area contributed by atoms with Crippen LogP contribution in [0.1, 0.15) is 20.3 Å². The van der Waals surface area contributed by atoms with Crippen LogP contribution in [0, 0.1) is 14.2 Å². The van der Waals surface area contributed by atoms with Gasteiger partial charge in [-0.2, -0.15) is 0 Å². The van der Waals surface area contributed by atoms with Crippen molar-refractivity contribution in [3.63, 3.8) is 0 Å². The number of aromatic amines is 1. The van der Waals surface area contributed by atoms with Crippen LogP contribution < -0.4 is 0 Å². The molecule has 0 bridgehead atoms. The van der Waals surface area contributed by atoms with Crippen LogP contribution in [0.4, 0.5) is 4.39 Å². The Kier molecular flexibility index (Phi) is 3.22. The number of rotatable bonds is 1.